The number of phenolic OH excluding ortho intramolecular Hbond substituents is 1. The number of methoxy groups -OCH3 is 3. The molecule has 2 aromatic carbocycles. The van der Waals surface area contributed by atoms with Crippen molar-refractivity contribution in [3.05, 3.63) is 53.6 Å². The molecule has 0 amide bonds. The molecule has 2 heterocycles. The van der Waals surface area contributed by atoms with Gasteiger partial charge in [0.2, 0.25) is 11.5 Å². The number of hydrogen-bond acceptors (Lipinski definition) is 17. The Morgan fingerprint density at radius 2 is 1.52 bits per heavy atom. The Labute approximate surface area is 274 Å². The second-order valence-corrected chi connectivity index (χ2v) is 10.7. The van der Waals surface area contributed by atoms with Crippen molar-refractivity contribution in [2.75, 3.05) is 41.2 Å². The maximum atomic E-state index is 13.0. The molecule has 9 unspecified atom stereocenters. The van der Waals surface area contributed by atoms with E-state index in [9.17, 15) is 45.3 Å². The molecule has 17 nitrogen and oxygen atoms in total. The molecule has 2 aliphatic rings. The highest BCUT2D eigenvalue weighted by Gasteiger charge is 2.60. The largest absolute Gasteiger partial charge is 0.508 e. The lowest BCUT2D eigenvalue weighted by molar-refractivity contribution is -0.383. The molecule has 9 atom stereocenters. The second-order valence-electron chi connectivity index (χ2n) is 10.7. The fourth-order valence-electron chi connectivity index (χ4n) is 5.13. The zero-order valence-corrected chi connectivity index (χ0v) is 26.1. The molecule has 0 bridgehead atoms. The van der Waals surface area contributed by atoms with Crippen LogP contribution in [0.5, 0.6) is 23.0 Å². The van der Waals surface area contributed by atoms with Gasteiger partial charge in [0.15, 0.2) is 23.9 Å². The summed E-state index contributed by atoms with van der Waals surface area (Å²) in [6.45, 7) is -2.59. The first-order chi connectivity index (χ1) is 22.9. The lowest BCUT2D eigenvalue weighted by Crippen LogP contribution is -2.63. The van der Waals surface area contributed by atoms with Crippen molar-refractivity contribution >= 4 is 18.0 Å². The molecule has 2 saturated heterocycles. The van der Waals surface area contributed by atoms with E-state index in [4.69, 9.17) is 37.9 Å². The number of aliphatic hydroxyl groups is 6. The lowest BCUT2D eigenvalue weighted by Gasteiger charge is -2.43. The second kappa shape index (κ2) is 15.9. The van der Waals surface area contributed by atoms with Gasteiger partial charge >= 0.3 is 11.9 Å². The number of carbonyl (C=O) groups excluding carboxylic acids is 2. The zero-order chi connectivity index (χ0) is 35.2. The van der Waals surface area contributed by atoms with E-state index < -0.39 is 86.6 Å². The van der Waals surface area contributed by atoms with Crippen molar-refractivity contribution in [1.82, 2.24) is 0 Å². The monoisotopic (exact) mass is 682 g/mol. The Morgan fingerprint density at radius 3 is 2.08 bits per heavy atom. The predicted octanol–water partition coefficient (Wildman–Crippen LogP) is -1.54. The van der Waals surface area contributed by atoms with Gasteiger partial charge in [0.05, 0.1) is 33.5 Å². The number of rotatable bonds is 13. The number of esters is 2. The Hall–Kier alpha value is -4.04. The molecule has 2 aromatic rings. The summed E-state index contributed by atoms with van der Waals surface area (Å²) in [7, 11) is 4.24. The molecule has 4 rings (SSSR count). The van der Waals surface area contributed by atoms with Gasteiger partial charge in [-0.1, -0.05) is 0 Å². The highest BCUT2D eigenvalue weighted by Crippen LogP contribution is 2.40. The minimum Gasteiger partial charge on any atom is -0.508 e. The fraction of sp³-hybridized carbons (Fsp3) is 0.484. The van der Waals surface area contributed by atoms with Crippen LogP contribution in [0.3, 0.4) is 0 Å². The molecule has 0 spiro atoms. The van der Waals surface area contributed by atoms with E-state index >= 15 is 0 Å². The minimum atomic E-state index is -2.47. The SMILES string of the molecule is COc1cc(/C=C/C(=O)OC2C(O)C(CO)OC2(CO)OC2OC(COC(=O)c3ccc(O)cc3)C(O)C(O)C2O)cc(OC)c1OC. The molecule has 48 heavy (non-hydrogen) atoms. The molecular formula is C31H38O17. The topological polar surface area (TPSA) is 250 Å². The van der Waals surface area contributed by atoms with Crippen molar-refractivity contribution < 1.29 is 83.2 Å². The quantitative estimate of drug-likeness (QED) is 0.0934. The molecule has 0 radical (unpaired) electrons. The van der Waals surface area contributed by atoms with E-state index in [1.165, 1.54) is 51.7 Å². The van der Waals surface area contributed by atoms with E-state index in [-0.39, 0.29) is 11.3 Å². The van der Waals surface area contributed by atoms with Crippen LogP contribution in [0.4, 0.5) is 0 Å². The smallest absolute Gasteiger partial charge is 0.338 e. The summed E-state index contributed by atoms with van der Waals surface area (Å²) in [6, 6.07) is 8.16. The van der Waals surface area contributed by atoms with Crippen LogP contribution < -0.4 is 14.2 Å². The standard InChI is InChI=1S/C31H38O17/c1-41-18-10-15(11-19(42-2)27(18)43-3)4-9-22(35)46-28-24(37)20(12-32)47-31(28,14-33)48-30-26(39)25(38)23(36)21(45-30)13-44-29(40)16-5-7-17(34)8-6-16/h4-11,20-21,23-26,28,30,32-34,36-39H,12-14H2,1-3H3/b9-4+. The molecule has 0 saturated carbocycles. The van der Waals surface area contributed by atoms with Crippen LogP contribution in [-0.2, 0) is 28.5 Å². The van der Waals surface area contributed by atoms with Gasteiger partial charge in [-0.15, -0.1) is 0 Å². The van der Waals surface area contributed by atoms with Gasteiger partial charge in [-0.25, -0.2) is 9.59 Å². The van der Waals surface area contributed by atoms with Crippen LogP contribution in [-0.4, -0.2) is 144 Å². The van der Waals surface area contributed by atoms with Crippen LogP contribution >= 0.6 is 0 Å². The average Bonchev–Trinajstić information content (AvgIpc) is 3.36. The summed E-state index contributed by atoms with van der Waals surface area (Å²) in [6.07, 6.45) is -11.9. The van der Waals surface area contributed by atoms with Crippen LogP contribution in [0, 0.1) is 0 Å². The van der Waals surface area contributed by atoms with Crippen LogP contribution in [0.2, 0.25) is 0 Å². The maximum absolute atomic E-state index is 13.0. The summed E-state index contributed by atoms with van der Waals surface area (Å²) in [5, 5.41) is 72.2. The highest BCUT2D eigenvalue weighted by atomic mass is 16.8. The molecule has 264 valence electrons. The number of aromatic hydroxyl groups is 1. The highest BCUT2D eigenvalue weighted by molar-refractivity contribution is 5.89. The van der Waals surface area contributed by atoms with Gasteiger partial charge in [-0.2, -0.15) is 0 Å². The number of carbonyl (C=O) groups is 2. The summed E-state index contributed by atoms with van der Waals surface area (Å²) >= 11 is 0. The van der Waals surface area contributed by atoms with Gasteiger partial charge in [0.25, 0.3) is 0 Å². The average molecular weight is 683 g/mol. The third kappa shape index (κ3) is 7.81. The Balaban J connectivity index is 1.51. The van der Waals surface area contributed by atoms with Gasteiger partial charge < -0.3 is 73.6 Å². The summed E-state index contributed by atoms with van der Waals surface area (Å²) in [4.78, 5) is 25.4. The van der Waals surface area contributed by atoms with E-state index in [0.717, 1.165) is 6.08 Å². The zero-order valence-electron chi connectivity index (χ0n) is 26.1. The van der Waals surface area contributed by atoms with E-state index in [0.29, 0.717) is 22.8 Å². The first kappa shape index (κ1) is 36.8. The van der Waals surface area contributed by atoms with Crippen LogP contribution in [0.25, 0.3) is 6.08 Å². The maximum Gasteiger partial charge on any atom is 0.338 e. The molecule has 2 aliphatic heterocycles. The van der Waals surface area contributed by atoms with Gasteiger partial charge in [0, 0.05) is 6.08 Å². The van der Waals surface area contributed by atoms with Gasteiger partial charge in [-0.3, -0.25) is 0 Å². The first-order valence-electron chi connectivity index (χ1n) is 14.5. The number of benzene rings is 2. The summed E-state index contributed by atoms with van der Waals surface area (Å²) in [5.41, 5.74) is 0.476. The molecule has 0 aromatic heterocycles. The number of phenols is 1. The van der Waals surface area contributed by atoms with Crippen molar-refractivity contribution in [3.63, 3.8) is 0 Å². The normalized spacial score (nSPS) is 30.2. The van der Waals surface area contributed by atoms with Crippen molar-refractivity contribution in [2.45, 2.75) is 54.8 Å². The Bertz CT molecular complexity index is 1410. The number of aliphatic hydroxyl groups excluding tert-OH is 6. The third-order valence-corrected chi connectivity index (χ3v) is 7.68. The number of hydrogen-bond donors (Lipinski definition) is 7. The van der Waals surface area contributed by atoms with Gasteiger partial charge in [-0.05, 0) is 48.0 Å². The molecule has 0 aliphatic carbocycles. The summed E-state index contributed by atoms with van der Waals surface area (Å²) in [5.74, 6) is -3.57. The van der Waals surface area contributed by atoms with E-state index in [1.807, 2.05) is 0 Å². The predicted molar refractivity (Wildman–Crippen MR) is 159 cm³/mol. The lowest BCUT2D eigenvalue weighted by atomic mass is 9.98. The minimum absolute atomic E-state index is 0.0538. The van der Waals surface area contributed by atoms with E-state index in [1.54, 1.807) is 12.1 Å². The molecule has 7 N–H and O–H groups in total. The first-order valence-corrected chi connectivity index (χ1v) is 14.5. The van der Waals surface area contributed by atoms with Crippen molar-refractivity contribution in [3.8, 4) is 23.0 Å². The Kier molecular flexibility index (Phi) is 12.2. The third-order valence-electron chi connectivity index (χ3n) is 7.68. The number of ether oxygens (including phenoxy) is 8. The van der Waals surface area contributed by atoms with Crippen molar-refractivity contribution in [2.24, 2.45) is 0 Å². The van der Waals surface area contributed by atoms with Gasteiger partial charge in [0.1, 0.15) is 55.6 Å². The fourth-order valence-corrected chi connectivity index (χ4v) is 5.13. The van der Waals surface area contributed by atoms with Crippen LogP contribution in [0.15, 0.2) is 42.5 Å². The molecule has 2 fully saturated rings. The van der Waals surface area contributed by atoms with Crippen molar-refractivity contribution in [1.29, 1.82) is 0 Å². The molecular weight excluding hydrogens is 644 g/mol. The molecule has 17 heteroatoms. The van der Waals surface area contributed by atoms with Crippen LogP contribution in [0.1, 0.15) is 15.9 Å². The van der Waals surface area contributed by atoms with E-state index in [2.05, 4.69) is 0 Å². The Morgan fingerprint density at radius 1 is 0.875 bits per heavy atom. The summed E-state index contributed by atoms with van der Waals surface area (Å²) < 4.78 is 43.3.